The first-order valence-corrected chi connectivity index (χ1v) is 6.96. The Bertz CT molecular complexity index is 161. The summed E-state index contributed by atoms with van der Waals surface area (Å²) in [5, 5.41) is 13.0. The summed E-state index contributed by atoms with van der Waals surface area (Å²) < 4.78 is 0. The van der Waals surface area contributed by atoms with Crippen LogP contribution in [0.2, 0.25) is 0 Å². The fourth-order valence-corrected chi connectivity index (χ4v) is 2.01. The monoisotopic (exact) mass is 229 g/mol. The maximum absolute atomic E-state index is 9.47. The fraction of sp³-hybridized carbons (Fsp3) is 1.00. The van der Waals surface area contributed by atoms with Crippen LogP contribution in [0.15, 0.2) is 0 Å². The SMILES string of the molecule is CCCCCCCC(C)(CO)NC(C)CC. The Morgan fingerprint density at radius 1 is 1.12 bits per heavy atom. The number of nitrogens with one attached hydrogen (secondary N) is 1. The van der Waals surface area contributed by atoms with Crippen molar-refractivity contribution in [3.8, 4) is 0 Å². The van der Waals surface area contributed by atoms with E-state index in [0.717, 1.165) is 12.8 Å². The topological polar surface area (TPSA) is 32.3 Å². The Labute approximate surface area is 102 Å². The van der Waals surface area contributed by atoms with E-state index >= 15 is 0 Å². The van der Waals surface area contributed by atoms with Crippen LogP contribution in [0.1, 0.15) is 72.6 Å². The van der Waals surface area contributed by atoms with Crippen LogP contribution in [0.4, 0.5) is 0 Å². The fourth-order valence-electron chi connectivity index (χ4n) is 2.01. The van der Waals surface area contributed by atoms with Gasteiger partial charge in [0.15, 0.2) is 0 Å². The summed E-state index contributed by atoms with van der Waals surface area (Å²) in [6.07, 6.45) is 8.69. The summed E-state index contributed by atoms with van der Waals surface area (Å²) in [6.45, 7) is 8.98. The van der Waals surface area contributed by atoms with Gasteiger partial charge in [0, 0.05) is 11.6 Å². The standard InChI is InChI=1S/C14H31NO/c1-5-7-8-9-10-11-14(4,12-16)15-13(3)6-2/h13,15-16H,5-12H2,1-4H3. The Morgan fingerprint density at radius 2 is 1.75 bits per heavy atom. The summed E-state index contributed by atoms with van der Waals surface area (Å²) in [6, 6.07) is 0.493. The number of rotatable bonds is 10. The van der Waals surface area contributed by atoms with Crippen molar-refractivity contribution in [3.05, 3.63) is 0 Å². The molecule has 0 spiro atoms. The van der Waals surface area contributed by atoms with Gasteiger partial charge >= 0.3 is 0 Å². The van der Waals surface area contributed by atoms with Crippen LogP contribution < -0.4 is 5.32 Å². The molecule has 98 valence electrons. The summed E-state index contributed by atoms with van der Waals surface area (Å²) in [7, 11) is 0. The second kappa shape index (κ2) is 9.00. The number of aliphatic hydroxyl groups excluding tert-OH is 1. The van der Waals surface area contributed by atoms with E-state index in [2.05, 4.69) is 33.0 Å². The van der Waals surface area contributed by atoms with E-state index < -0.39 is 0 Å². The van der Waals surface area contributed by atoms with Gasteiger partial charge in [-0.05, 0) is 26.7 Å². The molecule has 0 heterocycles. The lowest BCUT2D eigenvalue weighted by atomic mass is 9.93. The normalized spacial score (nSPS) is 17.1. The third-order valence-corrected chi connectivity index (χ3v) is 3.39. The van der Waals surface area contributed by atoms with Crippen molar-refractivity contribution < 1.29 is 5.11 Å². The van der Waals surface area contributed by atoms with Crippen molar-refractivity contribution in [2.75, 3.05) is 6.61 Å². The minimum atomic E-state index is -0.0817. The lowest BCUT2D eigenvalue weighted by Crippen LogP contribution is -2.49. The van der Waals surface area contributed by atoms with E-state index in [1.807, 2.05) is 0 Å². The first-order chi connectivity index (χ1) is 7.58. The highest BCUT2D eigenvalue weighted by atomic mass is 16.3. The van der Waals surface area contributed by atoms with E-state index in [9.17, 15) is 5.11 Å². The molecule has 0 aliphatic rings. The van der Waals surface area contributed by atoms with E-state index in [4.69, 9.17) is 0 Å². The lowest BCUT2D eigenvalue weighted by molar-refractivity contribution is 0.150. The molecule has 0 aromatic rings. The molecule has 2 nitrogen and oxygen atoms in total. The van der Waals surface area contributed by atoms with E-state index in [1.165, 1.54) is 32.1 Å². The zero-order valence-electron chi connectivity index (χ0n) is 11.7. The van der Waals surface area contributed by atoms with Gasteiger partial charge in [-0.2, -0.15) is 0 Å². The second-order valence-corrected chi connectivity index (χ2v) is 5.34. The molecule has 2 N–H and O–H groups in total. The molecular formula is C14H31NO. The summed E-state index contributed by atoms with van der Waals surface area (Å²) >= 11 is 0. The molecule has 2 atom stereocenters. The van der Waals surface area contributed by atoms with Gasteiger partial charge in [-0.15, -0.1) is 0 Å². The first-order valence-electron chi connectivity index (χ1n) is 6.96. The molecule has 0 aromatic heterocycles. The molecule has 0 fully saturated rings. The van der Waals surface area contributed by atoms with E-state index in [0.29, 0.717) is 6.04 Å². The molecule has 16 heavy (non-hydrogen) atoms. The highest BCUT2D eigenvalue weighted by molar-refractivity contribution is 4.84. The largest absolute Gasteiger partial charge is 0.394 e. The molecule has 0 aliphatic heterocycles. The third-order valence-electron chi connectivity index (χ3n) is 3.39. The molecular weight excluding hydrogens is 198 g/mol. The number of hydrogen-bond donors (Lipinski definition) is 2. The van der Waals surface area contributed by atoms with Crippen molar-refractivity contribution in [1.29, 1.82) is 0 Å². The zero-order chi connectivity index (χ0) is 12.4. The Hall–Kier alpha value is -0.0800. The summed E-state index contributed by atoms with van der Waals surface area (Å²) in [5.74, 6) is 0. The molecule has 0 saturated heterocycles. The molecule has 0 saturated carbocycles. The average Bonchev–Trinajstić information content (AvgIpc) is 2.28. The second-order valence-electron chi connectivity index (χ2n) is 5.34. The molecule has 2 unspecified atom stereocenters. The highest BCUT2D eigenvalue weighted by Gasteiger charge is 2.23. The van der Waals surface area contributed by atoms with Crippen LogP contribution in [-0.4, -0.2) is 23.3 Å². The smallest absolute Gasteiger partial charge is 0.0610 e. The predicted molar refractivity (Wildman–Crippen MR) is 71.8 cm³/mol. The van der Waals surface area contributed by atoms with E-state index in [-0.39, 0.29) is 12.1 Å². The highest BCUT2D eigenvalue weighted by Crippen LogP contribution is 2.16. The average molecular weight is 229 g/mol. The number of unbranched alkanes of at least 4 members (excludes halogenated alkanes) is 4. The Kier molecular flexibility index (Phi) is 8.96. The number of aliphatic hydroxyl groups is 1. The van der Waals surface area contributed by atoms with Gasteiger partial charge in [0.05, 0.1) is 6.61 Å². The van der Waals surface area contributed by atoms with Gasteiger partial charge in [-0.3, -0.25) is 0 Å². The van der Waals surface area contributed by atoms with Crippen molar-refractivity contribution in [1.82, 2.24) is 5.32 Å². The quantitative estimate of drug-likeness (QED) is 0.562. The molecule has 2 heteroatoms. The van der Waals surface area contributed by atoms with Crippen LogP contribution in [0.5, 0.6) is 0 Å². The van der Waals surface area contributed by atoms with Gasteiger partial charge in [-0.1, -0.05) is 46.0 Å². The Morgan fingerprint density at radius 3 is 2.25 bits per heavy atom. The number of hydrogen-bond acceptors (Lipinski definition) is 2. The predicted octanol–water partition coefficient (Wildman–Crippen LogP) is 3.49. The van der Waals surface area contributed by atoms with Crippen LogP contribution >= 0.6 is 0 Å². The van der Waals surface area contributed by atoms with Gasteiger partial charge in [0.2, 0.25) is 0 Å². The van der Waals surface area contributed by atoms with Crippen LogP contribution in [0, 0.1) is 0 Å². The molecule has 0 aromatic carbocycles. The van der Waals surface area contributed by atoms with Crippen molar-refractivity contribution in [3.63, 3.8) is 0 Å². The van der Waals surface area contributed by atoms with Gasteiger partial charge in [-0.25, -0.2) is 0 Å². The Balaban J connectivity index is 3.78. The van der Waals surface area contributed by atoms with Gasteiger partial charge < -0.3 is 10.4 Å². The van der Waals surface area contributed by atoms with Crippen LogP contribution in [0.3, 0.4) is 0 Å². The maximum Gasteiger partial charge on any atom is 0.0610 e. The molecule has 0 radical (unpaired) electrons. The maximum atomic E-state index is 9.47. The third kappa shape index (κ3) is 7.24. The van der Waals surface area contributed by atoms with Crippen LogP contribution in [-0.2, 0) is 0 Å². The first kappa shape index (κ1) is 15.9. The lowest BCUT2D eigenvalue weighted by Gasteiger charge is -2.32. The molecule has 0 aliphatic carbocycles. The van der Waals surface area contributed by atoms with Gasteiger partial charge in [0.1, 0.15) is 0 Å². The van der Waals surface area contributed by atoms with Gasteiger partial charge in [0.25, 0.3) is 0 Å². The molecule has 0 rings (SSSR count). The minimum Gasteiger partial charge on any atom is -0.394 e. The van der Waals surface area contributed by atoms with Crippen molar-refractivity contribution in [2.24, 2.45) is 0 Å². The zero-order valence-corrected chi connectivity index (χ0v) is 11.7. The molecule has 0 amide bonds. The van der Waals surface area contributed by atoms with Crippen LogP contribution in [0.25, 0.3) is 0 Å². The van der Waals surface area contributed by atoms with Crippen molar-refractivity contribution in [2.45, 2.75) is 84.2 Å². The van der Waals surface area contributed by atoms with Crippen molar-refractivity contribution >= 4 is 0 Å². The molecule has 0 bridgehead atoms. The van der Waals surface area contributed by atoms with E-state index in [1.54, 1.807) is 0 Å². The minimum absolute atomic E-state index is 0.0817. The summed E-state index contributed by atoms with van der Waals surface area (Å²) in [4.78, 5) is 0. The summed E-state index contributed by atoms with van der Waals surface area (Å²) in [5.41, 5.74) is -0.0817.